The molecule has 0 heterocycles. The average Bonchev–Trinajstić information content (AvgIpc) is 2.31. The van der Waals surface area contributed by atoms with Crippen LogP contribution in [0.3, 0.4) is 0 Å². The molecule has 0 fully saturated rings. The zero-order valence-corrected chi connectivity index (χ0v) is 22.0. The third-order valence-electron chi connectivity index (χ3n) is 3.64. The van der Waals surface area contributed by atoms with Crippen LogP contribution in [-0.4, -0.2) is 52.5 Å². The summed E-state index contributed by atoms with van der Waals surface area (Å²) < 4.78 is 23.9. The highest BCUT2D eigenvalue weighted by atomic mass is 28.5. The van der Waals surface area contributed by atoms with Crippen LogP contribution in [0, 0.1) is 0 Å². The van der Waals surface area contributed by atoms with Crippen LogP contribution in [-0.2, 0) is 17.1 Å². The Labute approximate surface area is 160 Å². The maximum absolute atomic E-state index is 10.1. The number of hydrogen-bond acceptors (Lipinski definition) is 5. The molecule has 0 saturated heterocycles. The highest BCUT2D eigenvalue weighted by Crippen LogP contribution is 2.26. The molecule has 1 N–H and O–H groups in total. The molecular formula is C16H42O5Si4. The summed E-state index contributed by atoms with van der Waals surface area (Å²) in [7, 11) is -7.21. The van der Waals surface area contributed by atoms with E-state index in [1.165, 1.54) is 31.7 Å². The smallest absolute Gasteiger partial charge is 0.320 e. The Hall–Kier alpha value is 0.668. The van der Waals surface area contributed by atoms with Crippen molar-refractivity contribution >= 4 is 34.0 Å². The number of ether oxygens (including phenoxy) is 1. The van der Waals surface area contributed by atoms with E-state index in [0.29, 0.717) is 0 Å². The molecule has 0 amide bonds. The maximum atomic E-state index is 10.1. The van der Waals surface area contributed by atoms with Gasteiger partial charge in [-0.1, -0.05) is 25.7 Å². The van der Waals surface area contributed by atoms with Gasteiger partial charge in [0.2, 0.25) is 0 Å². The molecule has 25 heavy (non-hydrogen) atoms. The van der Waals surface area contributed by atoms with Crippen molar-refractivity contribution in [3.05, 3.63) is 0 Å². The van der Waals surface area contributed by atoms with Crippen LogP contribution in [0.5, 0.6) is 0 Å². The molecule has 5 nitrogen and oxygen atoms in total. The number of hydrogen-bond donors (Lipinski definition) is 1. The monoisotopic (exact) mass is 426 g/mol. The Balaban J connectivity index is 4.31. The average molecular weight is 427 g/mol. The van der Waals surface area contributed by atoms with Gasteiger partial charge in [-0.15, -0.1) is 0 Å². The molecule has 0 bridgehead atoms. The van der Waals surface area contributed by atoms with Crippen molar-refractivity contribution in [2.45, 2.75) is 90.5 Å². The highest BCUT2D eigenvalue weighted by Gasteiger charge is 2.43. The van der Waals surface area contributed by atoms with Gasteiger partial charge in [-0.25, -0.2) is 0 Å². The van der Waals surface area contributed by atoms with Crippen molar-refractivity contribution in [1.29, 1.82) is 0 Å². The van der Waals surface area contributed by atoms with Crippen molar-refractivity contribution in [3.8, 4) is 0 Å². The van der Waals surface area contributed by atoms with E-state index < -0.39 is 34.0 Å². The normalized spacial score (nSPS) is 14.2. The fourth-order valence-corrected chi connectivity index (χ4v) is 20.7. The van der Waals surface area contributed by atoms with Crippen LogP contribution >= 0.6 is 0 Å². The topological polar surface area (TPSA) is 57.2 Å². The van der Waals surface area contributed by atoms with Crippen LogP contribution in [0.2, 0.25) is 58.4 Å². The Kier molecular flexibility index (Phi) is 11.2. The van der Waals surface area contributed by atoms with Gasteiger partial charge in [0.05, 0.1) is 0 Å². The van der Waals surface area contributed by atoms with Gasteiger partial charge >= 0.3 is 25.7 Å². The Morgan fingerprint density at radius 1 is 0.640 bits per heavy atom. The van der Waals surface area contributed by atoms with Crippen molar-refractivity contribution in [2.24, 2.45) is 0 Å². The lowest BCUT2D eigenvalue weighted by molar-refractivity contribution is 0.192. The van der Waals surface area contributed by atoms with E-state index in [1.807, 2.05) is 13.1 Å². The highest BCUT2D eigenvalue weighted by molar-refractivity contribution is 6.88. The summed E-state index contributed by atoms with van der Waals surface area (Å²) in [4.78, 5) is 10.1. The van der Waals surface area contributed by atoms with Gasteiger partial charge in [0.25, 0.3) is 0 Å². The second-order valence-electron chi connectivity index (χ2n) is 8.82. The van der Waals surface area contributed by atoms with Gasteiger partial charge in [-0.3, -0.25) is 0 Å². The Bertz CT molecular complexity index is 370. The first-order valence-electron chi connectivity index (χ1n) is 9.50. The predicted molar refractivity (Wildman–Crippen MR) is 115 cm³/mol. The SMILES string of the molecule is COCCCCCCC[Si](C)(C)O[Si](C)(C)O[Si](C)(C)O[Si](C)(C)O. The third kappa shape index (κ3) is 15.4. The van der Waals surface area contributed by atoms with Crippen molar-refractivity contribution in [3.63, 3.8) is 0 Å². The molecule has 0 aliphatic heterocycles. The second-order valence-corrected chi connectivity index (χ2v) is 23.8. The van der Waals surface area contributed by atoms with Gasteiger partial charge in [-0.05, 0) is 64.8 Å². The van der Waals surface area contributed by atoms with Crippen LogP contribution in [0.15, 0.2) is 0 Å². The van der Waals surface area contributed by atoms with Gasteiger partial charge in [0.15, 0.2) is 8.32 Å². The van der Waals surface area contributed by atoms with Crippen LogP contribution in [0.25, 0.3) is 0 Å². The fourth-order valence-electron chi connectivity index (χ4n) is 3.28. The minimum absolute atomic E-state index is 0.871. The molecule has 0 unspecified atom stereocenters. The molecule has 0 saturated carbocycles. The second kappa shape index (κ2) is 10.9. The van der Waals surface area contributed by atoms with Crippen molar-refractivity contribution in [1.82, 2.24) is 0 Å². The molecule has 0 aromatic rings. The summed E-state index contributed by atoms with van der Waals surface area (Å²) in [5, 5.41) is 0. The van der Waals surface area contributed by atoms with E-state index in [1.54, 1.807) is 20.2 Å². The molecule has 0 radical (unpaired) electrons. The molecule has 0 atom stereocenters. The molecule has 0 aromatic heterocycles. The molecule has 0 aliphatic rings. The third-order valence-corrected chi connectivity index (χ3v) is 17.3. The van der Waals surface area contributed by atoms with Crippen LogP contribution in [0.1, 0.15) is 32.1 Å². The van der Waals surface area contributed by atoms with E-state index in [-0.39, 0.29) is 0 Å². The van der Waals surface area contributed by atoms with Gasteiger partial charge < -0.3 is 21.9 Å². The van der Waals surface area contributed by atoms with Gasteiger partial charge in [-0.2, -0.15) is 0 Å². The fraction of sp³-hybridized carbons (Fsp3) is 1.00. The maximum Gasteiger partial charge on any atom is 0.320 e. The van der Waals surface area contributed by atoms with E-state index in [9.17, 15) is 4.80 Å². The standard InChI is InChI=1S/C16H42O5Si4/c1-18-15-13-11-10-12-14-16-22(2,3)19-24(6,7)21-25(8,9)20-23(4,5)17/h17H,10-16H2,1-9H3. The molecular weight excluding hydrogens is 385 g/mol. The van der Waals surface area contributed by atoms with Crippen molar-refractivity contribution < 1.29 is 21.9 Å². The van der Waals surface area contributed by atoms with Crippen LogP contribution < -0.4 is 0 Å². The largest absolute Gasteiger partial charge is 0.436 e. The summed E-state index contributed by atoms with van der Waals surface area (Å²) in [6.07, 6.45) is 6.17. The van der Waals surface area contributed by atoms with E-state index in [0.717, 1.165) is 13.0 Å². The summed E-state index contributed by atoms with van der Waals surface area (Å²) in [5.74, 6) is 0. The number of methoxy groups -OCH3 is 1. The Morgan fingerprint density at radius 2 is 1.12 bits per heavy atom. The van der Waals surface area contributed by atoms with Crippen LogP contribution in [0.4, 0.5) is 0 Å². The molecule has 9 heteroatoms. The summed E-state index contributed by atoms with van der Waals surface area (Å²) >= 11 is 0. The molecule has 0 spiro atoms. The molecule has 0 rings (SSSR count). The summed E-state index contributed by atoms with van der Waals surface area (Å²) in [5.41, 5.74) is 0. The summed E-state index contributed by atoms with van der Waals surface area (Å²) in [6, 6.07) is 1.17. The lowest BCUT2D eigenvalue weighted by Gasteiger charge is -2.39. The van der Waals surface area contributed by atoms with Crippen molar-refractivity contribution in [2.75, 3.05) is 13.7 Å². The Morgan fingerprint density at radius 3 is 1.64 bits per heavy atom. The van der Waals surface area contributed by atoms with Gasteiger partial charge in [0, 0.05) is 13.7 Å². The quantitative estimate of drug-likeness (QED) is 0.315. The minimum Gasteiger partial charge on any atom is -0.436 e. The van der Waals surface area contributed by atoms with E-state index >= 15 is 0 Å². The first kappa shape index (κ1) is 25.7. The zero-order chi connectivity index (χ0) is 19.8. The number of rotatable bonds is 14. The zero-order valence-electron chi connectivity index (χ0n) is 18.0. The lowest BCUT2D eigenvalue weighted by atomic mass is 10.2. The first-order chi connectivity index (χ1) is 11.2. The first-order valence-corrected chi connectivity index (χ1v) is 21.1. The van der Waals surface area contributed by atoms with E-state index in [4.69, 9.17) is 17.1 Å². The van der Waals surface area contributed by atoms with E-state index in [2.05, 4.69) is 26.2 Å². The summed E-state index contributed by atoms with van der Waals surface area (Å²) in [6.45, 7) is 17.2. The molecule has 0 aromatic carbocycles. The predicted octanol–water partition coefficient (Wildman–Crippen LogP) is 4.94. The molecule has 152 valence electrons. The van der Waals surface area contributed by atoms with Gasteiger partial charge in [0.1, 0.15) is 0 Å². The number of unbranched alkanes of at least 4 members (excludes halogenated alkanes) is 4. The molecule has 0 aliphatic carbocycles. The minimum atomic E-state index is -2.59. The lowest BCUT2D eigenvalue weighted by Crippen LogP contribution is -2.56.